The third kappa shape index (κ3) is 254. The molecule has 0 aliphatic rings. The summed E-state index contributed by atoms with van der Waals surface area (Å²) < 4.78 is 1.83. The molecule has 2 nitrogen and oxygen atoms in total. The molecule has 0 amide bonds. The Bertz CT molecular complexity index is 10.8. The molecule has 1 N–H and O–H groups in total. The highest BCUT2D eigenvalue weighted by molar-refractivity contribution is 4.06. The third-order valence-corrected chi connectivity index (χ3v) is 0. The van der Waals surface area contributed by atoms with E-state index in [9.17, 15) is 0 Å². The SMILES string of the molecule is C[O+](C)[NH-]. The zero-order chi connectivity index (χ0) is 3.58. The van der Waals surface area contributed by atoms with E-state index in [-0.39, 0.29) is 0 Å². The van der Waals surface area contributed by atoms with Crippen molar-refractivity contribution in [2.24, 2.45) is 0 Å². The molecule has 0 atom stereocenters. The van der Waals surface area contributed by atoms with Crippen molar-refractivity contribution in [3.8, 4) is 0 Å². The first kappa shape index (κ1) is 3.92. The normalized spacial score (nSPS) is 9.00. The maximum absolute atomic E-state index is 6.33. The number of hydrogen-bond acceptors (Lipinski definition) is 0. The van der Waals surface area contributed by atoms with Gasteiger partial charge < -0.3 is 10.4 Å². The second-order valence-corrected chi connectivity index (χ2v) is 0.816. The topological polar surface area (TPSA) is 26.5 Å². The van der Waals surface area contributed by atoms with Crippen LogP contribution in [0.4, 0.5) is 0 Å². The molecule has 0 bridgehead atoms. The molecule has 2 heteroatoms. The standard InChI is InChI=1S/C2H7NO/c1-4(2)3/h3H,1-2H3. The Kier molecular flexibility index (Phi) is 1.24. The Morgan fingerprint density at radius 1 is 1.50 bits per heavy atom. The summed E-state index contributed by atoms with van der Waals surface area (Å²) in [7, 11) is 3.17. The van der Waals surface area contributed by atoms with E-state index in [4.69, 9.17) is 5.90 Å². The van der Waals surface area contributed by atoms with Gasteiger partial charge in [0.25, 0.3) is 0 Å². The van der Waals surface area contributed by atoms with Gasteiger partial charge in [0.15, 0.2) is 0 Å². The molecular weight excluding hydrogens is 54.0 g/mol. The molecule has 0 aromatic rings. The van der Waals surface area contributed by atoms with Gasteiger partial charge in [0, 0.05) is 0 Å². The van der Waals surface area contributed by atoms with Crippen LogP contribution in [-0.2, 0) is 4.47 Å². The summed E-state index contributed by atoms with van der Waals surface area (Å²) in [6, 6.07) is 0. The van der Waals surface area contributed by atoms with Crippen LogP contribution < -0.4 is 0 Å². The highest BCUT2D eigenvalue weighted by Crippen LogP contribution is 1.70. The highest BCUT2D eigenvalue weighted by Gasteiger charge is 1.50. The van der Waals surface area contributed by atoms with Crippen LogP contribution in [0, 0.1) is 0 Å². The first-order valence-electron chi connectivity index (χ1n) is 1.02. The molecule has 0 heterocycles. The monoisotopic (exact) mass is 61.1 g/mol. The van der Waals surface area contributed by atoms with E-state index < -0.39 is 0 Å². The van der Waals surface area contributed by atoms with E-state index in [1.165, 1.54) is 0 Å². The molecular formula is C2H7NO. The average Bonchev–Trinajstić information content (AvgIpc) is 0.811. The second-order valence-electron chi connectivity index (χ2n) is 0.816. The van der Waals surface area contributed by atoms with Gasteiger partial charge in [-0.15, -0.1) is 0 Å². The summed E-state index contributed by atoms with van der Waals surface area (Å²) in [4.78, 5) is 0. The largest absolute Gasteiger partial charge is 0.485 e. The lowest BCUT2D eigenvalue weighted by molar-refractivity contribution is 0.0453. The molecule has 0 rings (SSSR count). The maximum atomic E-state index is 6.33. The van der Waals surface area contributed by atoms with Gasteiger partial charge in [-0.25, -0.2) is 0 Å². The van der Waals surface area contributed by atoms with Gasteiger partial charge >= 0.3 is 0 Å². The molecule has 0 saturated heterocycles. The van der Waals surface area contributed by atoms with E-state index in [2.05, 4.69) is 0 Å². The minimum atomic E-state index is 1.58. The fraction of sp³-hybridized carbons (Fsp3) is 1.00. The van der Waals surface area contributed by atoms with Crippen molar-refractivity contribution < 1.29 is 4.47 Å². The Labute approximate surface area is 25.8 Å². The van der Waals surface area contributed by atoms with Crippen LogP contribution in [0.15, 0.2) is 0 Å². The Balaban J connectivity index is 2.32. The molecule has 0 fully saturated rings. The van der Waals surface area contributed by atoms with Crippen molar-refractivity contribution in [3.63, 3.8) is 0 Å². The minimum absolute atomic E-state index is 1.58. The lowest BCUT2D eigenvalue weighted by atomic mass is 11.5. The molecule has 0 radical (unpaired) electrons. The summed E-state index contributed by atoms with van der Waals surface area (Å²) in [5.41, 5.74) is 0. The van der Waals surface area contributed by atoms with Crippen LogP contribution >= 0.6 is 0 Å². The van der Waals surface area contributed by atoms with Crippen molar-refractivity contribution in [2.45, 2.75) is 0 Å². The summed E-state index contributed by atoms with van der Waals surface area (Å²) in [5, 5.41) is 0. The van der Waals surface area contributed by atoms with Gasteiger partial charge in [0.05, 0.1) is 0 Å². The van der Waals surface area contributed by atoms with Gasteiger partial charge in [0.1, 0.15) is 14.2 Å². The predicted octanol–water partition coefficient (Wildman–Crippen LogP) is 0.766. The van der Waals surface area contributed by atoms with Gasteiger partial charge in [-0.2, -0.15) is 0 Å². The van der Waals surface area contributed by atoms with Crippen LogP contribution in [0.25, 0.3) is 5.90 Å². The predicted molar refractivity (Wildman–Crippen MR) is 17.3 cm³/mol. The molecule has 0 aliphatic heterocycles. The van der Waals surface area contributed by atoms with Crippen LogP contribution in [0.3, 0.4) is 0 Å². The van der Waals surface area contributed by atoms with Crippen molar-refractivity contribution in [1.29, 1.82) is 0 Å². The zero-order valence-electron chi connectivity index (χ0n) is 2.91. The lowest BCUT2D eigenvalue weighted by Crippen LogP contribution is -1.80. The Morgan fingerprint density at radius 2 is 1.50 bits per heavy atom. The summed E-state index contributed by atoms with van der Waals surface area (Å²) in [6.07, 6.45) is 0. The molecule has 0 aromatic carbocycles. The lowest BCUT2D eigenvalue weighted by Gasteiger charge is -2.02. The van der Waals surface area contributed by atoms with Crippen LogP contribution in [0.5, 0.6) is 0 Å². The Morgan fingerprint density at radius 3 is 1.50 bits per heavy atom. The smallest absolute Gasteiger partial charge is 0.129 e. The van der Waals surface area contributed by atoms with E-state index in [0.29, 0.717) is 0 Å². The number of hydrogen-bond donors (Lipinski definition) is 0. The van der Waals surface area contributed by atoms with E-state index in [1.54, 1.807) is 14.2 Å². The molecule has 0 spiro atoms. The van der Waals surface area contributed by atoms with Crippen molar-refractivity contribution in [3.05, 3.63) is 5.90 Å². The van der Waals surface area contributed by atoms with Crippen molar-refractivity contribution in [2.75, 3.05) is 14.2 Å². The molecule has 0 aromatic heterocycles. The Hall–Kier alpha value is -0.0800. The van der Waals surface area contributed by atoms with Gasteiger partial charge in [0.2, 0.25) is 0 Å². The van der Waals surface area contributed by atoms with Gasteiger partial charge in [-0.3, -0.25) is 0 Å². The van der Waals surface area contributed by atoms with Gasteiger partial charge in [-0.05, 0) is 0 Å². The molecule has 0 unspecified atom stereocenters. The van der Waals surface area contributed by atoms with E-state index in [1.807, 2.05) is 4.47 Å². The van der Waals surface area contributed by atoms with Crippen LogP contribution in [0.2, 0.25) is 0 Å². The minimum Gasteiger partial charge on any atom is -0.485 e. The molecule has 26 valence electrons. The summed E-state index contributed by atoms with van der Waals surface area (Å²) in [5.74, 6) is 6.33. The van der Waals surface area contributed by atoms with E-state index in [0.717, 1.165) is 0 Å². The van der Waals surface area contributed by atoms with E-state index >= 15 is 0 Å². The van der Waals surface area contributed by atoms with Crippen LogP contribution in [-0.4, -0.2) is 14.2 Å². The van der Waals surface area contributed by atoms with Crippen molar-refractivity contribution >= 4 is 0 Å². The maximum Gasteiger partial charge on any atom is 0.129 e. The number of nitrogens with one attached hydrogen (secondary N) is 1. The van der Waals surface area contributed by atoms with Gasteiger partial charge in [-0.1, -0.05) is 0 Å². The fourth-order valence-corrected chi connectivity index (χ4v) is 0. The summed E-state index contributed by atoms with van der Waals surface area (Å²) in [6.45, 7) is 0. The zero-order valence-corrected chi connectivity index (χ0v) is 2.91. The molecule has 0 aliphatic carbocycles. The summed E-state index contributed by atoms with van der Waals surface area (Å²) >= 11 is 0. The average molecular weight is 61.1 g/mol. The third-order valence-electron chi connectivity index (χ3n) is 0. The first-order chi connectivity index (χ1) is 1.73. The quantitative estimate of drug-likeness (QED) is 0.292. The van der Waals surface area contributed by atoms with Crippen LogP contribution in [0.1, 0.15) is 0 Å². The molecule has 4 heavy (non-hydrogen) atoms. The molecule has 0 saturated carbocycles. The highest BCUT2D eigenvalue weighted by atomic mass is 16.8. The fourth-order valence-electron chi connectivity index (χ4n) is 0. The first-order valence-corrected chi connectivity index (χ1v) is 1.02. The number of rotatable bonds is 0. The second kappa shape index (κ2) is 1.26. The van der Waals surface area contributed by atoms with Crippen molar-refractivity contribution in [1.82, 2.24) is 0 Å².